The molecule has 0 unspecified atom stereocenters. The third-order valence-corrected chi connectivity index (χ3v) is 5.72. The van der Waals surface area contributed by atoms with E-state index >= 15 is 0 Å². The average Bonchev–Trinajstić information content (AvgIpc) is 2.91. The number of rotatable bonds is 10. The van der Waals surface area contributed by atoms with E-state index in [1.807, 2.05) is 0 Å². The molecule has 0 aliphatic carbocycles. The first-order valence-corrected chi connectivity index (χ1v) is 12.6. The molecule has 13 heteroatoms. The standard InChI is InChI=1S/C28H32N2O11/c1-17(2)21(29(25(33)34)27(37)39-15-19-11-7-5-8-12-19)23(31)41-24(32)22(18(3)4)30(26(35)36)28(38)40-16-20-13-9-6-10-14-20/h5-14,17-18,21-22H,15-16H2,1-4H3,(H,33,34)(H,35,36)/t21-,22-/m0/s1. The van der Waals surface area contributed by atoms with Crippen LogP contribution in [0.25, 0.3) is 0 Å². The van der Waals surface area contributed by atoms with Gasteiger partial charge in [0.15, 0.2) is 0 Å². The summed E-state index contributed by atoms with van der Waals surface area (Å²) in [5.74, 6) is -4.70. The number of esters is 2. The van der Waals surface area contributed by atoms with E-state index in [2.05, 4.69) is 0 Å². The molecule has 0 heterocycles. The van der Waals surface area contributed by atoms with Gasteiger partial charge in [-0.05, 0) is 23.0 Å². The van der Waals surface area contributed by atoms with Crippen LogP contribution < -0.4 is 0 Å². The van der Waals surface area contributed by atoms with Crippen LogP contribution in [-0.2, 0) is 37.0 Å². The molecule has 2 rings (SSSR count). The largest absolute Gasteiger partial charge is 0.464 e. The van der Waals surface area contributed by atoms with Gasteiger partial charge >= 0.3 is 36.3 Å². The molecule has 41 heavy (non-hydrogen) atoms. The van der Waals surface area contributed by atoms with Crippen molar-refractivity contribution in [3.05, 3.63) is 71.8 Å². The first kappa shape index (κ1) is 32.3. The zero-order valence-corrected chi connectivity index (χ0v) is 23.0. The van der Waals surface area contributed by atoms with Gasteiger partial charge in [0.2, 0.25) is 0 Å². The van der Waals surface area contributed by atoms with E-state index in [4.69, 9.17) is 14.2 Å². The molecular formula is C28H32N2O11. The molecule has 0 aliphatic heterocycles. The summed E-state index contributed by atoms with van der Waals surface area (Å²) >= 11 is 0. The van der Waals surface area contributed by atoms with Crippen molar-refractivity contribution in [3.8, 4) is 0 Å². The van der Waals surface area contributed by atoms with Gasteiger partial charge in [0.1, 0.15) is 25.3 Å². The Bertz CT molecular complexity index is 1140. The summed E-state index contributed by atoms with van der Waals surface area (Å²) in [7, 11) is 0. The second-order valence-corrected chi connectivity index (χ2v) is 9.50. The number of ether oxygens (including phenoxy) is 3. The highest BCUT2D eigenvalue weighted by atomic mass is 16.6. The summed E-state index contributed by atoms with van der Waals surface area (Å²) in [4.78, 5) is 75.7. The molecule has 4 amide bonds. The number of amides is 4. The number of hydrogen-bond donors (Lipinski definition) is 2. The van der Waals surface area contributed by atoms with Gasteiger partial charge in [-0.15, -0.1) is 0 Å². The molecular weight excluding hydrogens is 540 g/mol. The Kier molecular flexibility index (Phi) is 11.8. The lowest BCUT2D eigenvalue weighted by molar-refractivity contribution is -0.167. The normalized spacial score (nSPS) is 12.1. The van der Waals surface area contributed by atoms with Crippen molar-refractivity contribution in [2.45, 2.75) is 53.0 Å². The van der Waals surface area contributed by atoms with Crippen molar-refractivity contribution in [2.75, 3.05) is 0 Å². The van der Waals surface area contributed by atoms with Crippen LogP contribution in [0, 0.1) is 11.8 Å². The number of benzene rings is 2. The summed E-state index contributed by atoms with van der Waals surface area (Å²) < 4.78 is 15.0. The third kappa shape index (κ3) is 9.05. The lowest BCUT2D eigenvalue weighted by atomic mass is 10.0. The fourth-order valence-corrected chi connectivity index (χ4v) is 3.77. The predicted molar refractivity (Wildman–Crippen MR) is 141 cm³/mol. The van der Waals surface area contributed by atoms with Gasteiger partial charge in [0, 0.05) is 0 Å². The van der Waals surface area contributed by atoms with Crippen LogP contribution in [0.5, 0.6) is 0 Å². The van der Waals surface area contributed by atoms with Crippen molar-refractivity contribution in [3.63, 3.8) is 0 Å². The lowest BCUT2D eigenvalue weighted by Crippen LogP contribution is -2.55. The fraction of sp³-hybridized carbons (Fsp3) is 0.357. The van der Waals surface area contributed by atoms with Gasteiger partial charge in [0.05, 0.1) is 0 Å². The molecule has 13 nitrogen and oxygen atoms in total. The number of hydrogen-bond acceptors (Lipinski definition) is 9. The van der Waals surface area contributed by atoms with Crippen LogP contribution in [0.2, 0.25) is 0 Å². The monoisotopic (exact) mass is 572 g/mol. The Morgan fingerprint density at radius 2 is 0.927 bits per heavy atom. The van der Waals surface area contributed by atoms with Crippen molar-refractivity contribution in [1.29, 1.82) is 0 Å². The minimum atomic E-state index is -1.84. The van der Waals surface area contributed by atoms with E-state index in [0.717, 1.165) is 0 Å². The molecule has 2 N–H and O–H groups in total. The maximum Gasteiger partial charge on any atom is 0.420 e. The maximum absolute atomic E-state index is 13.1. The predicted octanol–water partition coefficient (Wildman–Crippen LogP) is 4.74. The van der Waals surface area contributed by atoms with E-state index in [0.29, 0.717) is 11.1 Å². The van der Waals surface area contributed by atoms with Gasteiger partial charge in [-0.2, -0.15) is 9.80 Å². The van der Waals surface area contributed by atoms with Gasteiger partial charge < -0.3 is 24.4 Å². The van der Waals surface area contributed by atoms with Crippen LogP contribution in [-0.4, -0.2) is 68.4 Å². The van der Waals surface area contributed by atoms with E-state index in [-0.39, 0.29) is 23.0 Å². The molecule has 0 aromatic heterocycles. The minimum absolute atomic E-state index is 0.0939. The minimum Gasteiger partial charge on any atom is -0.464 e. The van der Waals surface area contributed by atoms with Crippen LogP contribution in [0.4, 0.5) is 19.2 Å². The highest BCUT2D eigenvalue weighted by molar-refractivity contribution is 5.99. The van der Waals surface area contributed by atoms with Crippen LogP contribution in [0.3, 0.4) is 0 Å². The van der Waals surface area contributed by atoms with E-state index in [1.54, 1.807) is 60.7 Å². The Morgan fingerprint density at radius 1 is 0.610 bits per heavy atom. The molecule has 2 atom stereocenters. The number of carbonyl (C=O) groups excluding carboxylic acids is 4. The van der Waals surface area contributed by atoms with Gasteiger partial charge in [0.25, 0.3) is 0 Å². The van der Waals surface area contributed by atoms with Crippen molar-refractivity contribution in [1.82, 2.24) is 9.80 Å². The molecule has 0 bridgehead atoms. The molecule has 0 saturated carbocycles. The molecule has 2 aromatic rings. The molecule has 0 saturated heterocycles. The van der Waals surface area contributed by atoms with Crippen molar-refractivity contribution < 1.29 is 53.2 Å². The van der Waals surface area contributed by atoms with Crippen molar-refractivity contribution >= 4 is 36.3 Å². The van der Waals surface area contributed by atoms with Crippen LogP contribution >= 0.6 is 0 Å². The fourth-order valence-electron chi connectivity index (χ4n) is 3.77. The average molecular weight is 573 g/mol. The maximum atomic E-state index is 13.1. The van der Waals surface area contributed by atoms with Gasteiger partial charge in [-0.25, -0.2) is 28.8 Å². The Hall–Kier alpha value is -4.94. The first-order chi connectivity index (χ1) is 19.3. The van der Waals surface area contributed by atoms with Crippen LogP contribution in [0.1, 0.15) is 38.8 Å². The Morgan fingerprint density at radius 3 is 1.20 bits per heavy atom. The number of imide groups is 2. The second kappa shape index (κ2) is 15.0. The first-order valence-electron chi connectivity index (χ1n) is 12.6. The summed E-state index contributed by atoms with van der Waals surface area (Å²) in [6.45, 7) is 5.03. The second-order valence-electron chi connectivity index (χ2n) is 9.50. The Labute approximate surface area is 236 Å². The quantitative estimate of drug-likeness (QED) is 0.228. The molecule has 0 fully saturated rings. The lowest BCUT2D eigenvalue weighted by Gasteiger charge is -2.30. The summed E-state index contributed by atoms with van der Waals surface area (Å²) in [5.41, 5.74) is 1.11. The topological polar surface area (TPSA) is 177 Å². The van der Waals surface area contributed by atoms with Crippen LogP contribution in [0.15, 0.2) is 60.7 Å². The molecule has 0 aliphatic rings. The zero-order chi connectivity index (χ0) is 30.7. The van der Waals surface area contributed by atoms with E-state index in [1.165, 1.54) is 27.7 Å². The van der Waals surface area contributed by atoms with Crippen molar-refractivity contribution in [2.24, 2.45) is 11.8 Å². The number of carboxylic acid groups (broad SMARTS) is 2. The number of carbonyl (C=O) groups is 6. The van der Waals surface area contributed by atoms with E-state index in [9.17, 15) is 39.0 Å². The van der Waals surface area contributed by atoms with Gasteiger partial charge in [-0.3, -0.25) is 0 Å². The summed E-state index contributed by atoms with van der Waals surface area (Å²) in [5, 5.41) is 19.4. The summed E-state index contributed by atoms with van der Waals surface area (Å²) in [6.07, 6.45) is -6.46. The SMILES string of the molecule is CC(C)[C@@H](C(=O)OC(=O)[C@H](C(C)C)N(C(=O)O)C(=O)OCc1ccccc1)N(C(=O)O)C(=O)OCc1ccccc1. The highest BCUT2D eigenvalue weighted by Crippen LogP contribution is 2.20. The summed E-state index contributed by atoms with van der Waals surface area (Å²) in [6, 6.07) is 13.1. The molecule has 220 valence electrons. The smallest absolute Gasteiger partial charge is 0.420 e. The third-order valence-electron chi connectivity index (χ3n) is 5.72. The van der Waals surface area contributed by atoms with Gasteiger partial charge in [-0.1, -0.05) is 88.4 Å². The molecule has 0 spiro atoms. The Balaban J connectivity index is 2.23. The molecule has 2 aromatic carbocycles. The number of nitrogens with zero attached hydrogens (tertiary/aromatic N) is 2. The zero-order valence-electron chi connectivity index (χ0n) is 23.0. The van der Waals surface area contributed by atoms with E-state index < -0.39 is 60.2 Å². The highest BCUT2D eigenvalue weighted by Gasteiger charge is 2.44. The molecule has 0 radical (unpaired) electrons.